The van der Waals surface area contributed by atoms with Crippen LogP contribution in [0.1, 0.15) is 20.8 Å². The summed E-state index contributed by atoms with van der Waals surface area (Å²) in [5, 5.41) is 0. The number of H-pyrrole nitrogens is 1. The quantitative estimate of drug-likeness (QED) is 0.552. The van der Waals surface area contributed by atoms with Gasteiger partial charge in [0.05, 0.1) is 12.1 Å². The number of aromatic amines is 1. The Hall–Kier alpha value is -3.52. The van der Waals surface area contributed by atoms with Gasteiger partial charge in [0.1, 0.15) is 4.88 Å². The third-order valence-electron chi connectivity index (χ3n) is 4.60. The summed E-state index contributed by atoms with van der Waals surface area (Å²) in [7, 11) is 1.68. The molecule has 0 fully saturated rings. The van der Waals surface area contributed by atoms with Crippen molar-refractivity contribution >= 4 is 28.5 Å². The number of fused-ring (bicyclic) bond motifs is 1. The molecule has 4 aromatic rings. The fraction of sp³-hybridized carbons (Fsp3) is 0.143. The first-order chi connectivity index (χ1) is 14.0. The minimum atomic E-state index is -0.564. The van der Waals surface area contributed by atoms with Gasteiger partial charge in [-0.3, -0.25) is 14.2 Å². The molecule has 2 aromatic heterocycles. The summed E-state index contributed by atoms with van der Waals surface area (Å²) in [5.74, 6) is -0.294. The van der Waals surface area contributed by atoms with Gasteiger partial charge in [-0.1, -0.05) is 60.7 Å². The molecule has 0 aliphatic rings. The minimum Gasteiger partial charge on any atom is -0.337 e. The number of hydrogen-bond acceptors (Lipinski definition) is 5. The lowest BCUT2D eigenvalue weighted by atomic mass is 10.2. The number of rotatable bonds is 5. The van der Waals surface area contributed by atoms with E-state index in [1.165, 1.54) is 4.90 Å². The van der Waals surface area contributed by atoms with Crippen LogP contribution in [0.3, 0.4) is 0 Å². The number of nitrogens with one attached hydrogen (secondary N) is 1. The number of carbonyl (C=O) groups excluding carboxylic acids is 1. The second-order valence-corrected chi connectivity index (χ2v) is 7.46. The van der Waals surface area contributed by atoms with E-state index in [1.54, 1.807) is 7.05 Å². The van der Waals surface area contributed by atoms with Crippen LogP contribution in [-0.4, -0.2) is 31.8 Å². The molecule has 0 atom stereocenters. The van der Waals surface area contributed by atoms with Gasteiger partial charge in [-0.15, -0.1) is 0 Å². The first-order valence-electron chi connectivity index (χ1n) is 9.00. The monoisotopic (exact) mass is 406 g/mol. The van der Waals surface area contributed by atoms with Gasteiger partial charge in [0.15, 0.2) is 5.52 Å². The Morgan fingerprint density at radius 3 is 2.31 bits per heavy atom. The fourth-order valence-electron chi connectivity index (χ4n) is 3.10. The molecular weight excluding hydrogens is 388 g/mol. The van der Waals surface area contributed by atoms with Gasteiger partial charge < -0.3 is 9.88 Å². The number of hydrogen-bond donors (Lipinski definition) is 1. The average molecular weight is 406 g/mol. The minimum absolute atomic E-state index is 0.0991. The maximum absolute atomic E-state index is 12.9. The molecule has 0 saturated heterocycles. The molecule has 0 saturated carbocycles. The molecule has 146 valence electrons. The molecule has 4 rings (SSSR count). The second-order valence-electron chi connectivity index (χ2n) is 6.69. The molecule has 7 nitrogen and oxygen atoms in total. The number of aromatic nitrogens is 3. The Balaban J connectivity index is 1.68. The van der Waals surface area contributed by atoms with E-state index in [9.17, 15) is 14.4 Å². The summed E-state index contributed by atoms with van der Waals surface area (Å²) in [6.07, 6.45) is 0. The highest BCUT2D eigenvalue weighted by atomic mass is 32.1. The molecule has 0 spiro atoms. The van der Waals surface area contributed by atoms with Gasteiger partial charge in [0, 0.05) is 13.6 Å². The number of nitrogens with zero attached hydrogens (tertiary/aromatic N) is 3. The van der Waals surface area contributed by atoms with Crippen molar-refractivity contribution in [3.63, 3.8) is 0 Å². The van der Waals surface area contributed by atoms with Crippen molar-refractivity contribution < 1.29 is 4.79 Å². The second kappa shape index (κ2) is 7.84. The first-order valence-corrected chi connectivity index (χ1v) is 9.78. The average Bonchev–Trinajstić information content (AvgIpc) is 3.15. The highest BCUT2D eigenvalue weighted by Crippen LogP contribution is 2.19. The molecule has 2 aromatic carbocycles. The number of benzene rings is 2. The van der Waals surface area contributed by atoms with Crippen molar-refractivity contribution in [3.8, 4) is 0 Å². The molecule has 1 N–H and O–H groups in total. The van der Waals surface area contributed by atoms with Gasteiger partial charge in [-0.2, -0.15) is 4.37 Å². The van der Waals surface area contributed by atoms with Crippen molar-refractivity contribution in [1.29, 1.82) is 0 Å². The van der Waals surface area contributed by atoms with Crippen molar-refractivity contribution in [2.45, 2.75) is 13.1 Å². The van der Waals surface area contributed by atoms with Gasteiger partial charge in [0.2, 0.25) is 0 Å². The first kappa shape index (κ1) is 18.8. The molecule has 0 aliphatic heterocycles. The normalized spacial score (nSPS) is 10.9. The topological polar surface area (TPSA) is 88.1 Å². The van der Waals surface area contributed by atoms with Crippen molar-refractivity contribution in [3.05, 3.63) is 97.5 Å². The van der Waals surface area contributed by atoms with Crippen LogP contribution in [0.4, 0.5) is 0 Å². The van der Waals surface area contributed by atoms with Crippen molar-refractivity contribution in [2.75, 3.05) is 7.05 Å². The van der Waals surface area contributed by atoms with Crippen LogP contribution >= 0.6 is 11.5 Å². The Labute approximate surface area is 170 Å². The van der Waals surface area contributed by atoms with E-state index >= 15 is 0 Å². The SMILES string of the molecule is CN(Cc1ccccc1)C(=O)c1snc2c(=O)n(Cc3ccccc3)c(=O)[nH]c12. The van der Waals surface area contributed by atoms with E-state index < -0.39 is 11.2 Å². The van der Waals surface area contributed by atoms with E-state index in [1.807, 2.05) is 60.7 Å². The van der Waals surface area contributed by atoms with Crippen LogP contribution in [-0.2, 0) is 13.1 Å². The maximum atomic E-state index is 12.9. The lowest BCUT2D eigenvalue weighted by Crippen LogP contribution is -2.35. The Morgan fingerprint density at radius 1 is 1.03 bits per heavy atom. The van der Waals surface area contributed by atoms with E-state index in [-0.39, 0.29) is 28.4 Å². The van der Waals surface area contributed by atoms with E-state index in [4.69, 9.17) is 0 Å². The summed E-state index contributed by atoms with van der Waals surface area (Å²) in [6.45, 7) is 0.550. The molecule has 29 heavy (non-hydrogen) atoms. The van der Waals surface area contributed by atoms with Crippen molar-refractivity contribution in [1.82, 2.24) is 18.8 Å². The van der Waals surface area contributed by atoms with Gasteiger partial charge in [-0.25, -0.2) is 4.79 Å². The zero-order valence-electron chi connectivity index (χ0n) is 15.7. The third kappa shape index (κ3) is 3.74. The van der Waals surface area contributed by atoms with Crippen LogP contribution < -0.4 is 11.2 Å². The van der Waals surface area contributed by atoms with Gasteiger partial charge in [0.25, 0.3) is 11.5 Å². The Bertz CT molecular complexity index is 1280. The third-order valence-corrected chi connectivity index (χ3v) is 5.44. The standard InChI is InChI=1S/C21H18N4O3S/c1-24(12-14-8-4-2-5-9-14)20(27)18-16-17(23-29-18)19(26)25(21(28)22-16)13-15-10-6-3-7-11-15/h2-11H,12-13H2,1H3,(H,22,28). The van der Waals surface area contributed by atoms with E-state index in [0.29, 0.717) is 6.54 Å². The highest BCUT2D eigenvalue weighted by molar-refractivity contribution is 7.09. The summed E-state index contributed by atoms with van der Waals surface area (Å²) >= 11 is 0.923. The van der Waals surface area contributed by atoms with Gasteiger partial charge >= 0.3 is 5.69 Å². The number of carbonyl (C=O) groups is 1. The smallest absolute Gasteiger partial charge is 0.329 e. The van der Waals surface area contributed by atoms with Crippen LogP contribution in [0.5, 0.6) is 0 Å². The summed E-state index contributed by atoms with van der Waals surface area (Å²) < 4.78 is 5.26. The van der Waals surface area contributed by atoms with Crippen LogP contribution in [0.15, 0.2) is 70.3 Å². The van der Waals surface area contributed by atoms with Crippen LogP contribution in [0.25, 0.3) is 11.0 Å². The largest absolute Gasteiger partial charge is 0.337 e. The van der Waals surface area contributed by atoms with Crippen LogP contribution in [0, 0.1) is 0 Å². The highest BCUT2D eigenvalue weighted by Gasteiger charge is 2.22. The predicted molar refractivity (Wildman–Crippen MR) is 112 cm³/mol. The zero-order chi connectivity index (χ0) is 20.4. The molecule has 0 radical (unpaired) electrons. The Kier molecular flexibility index (Phi) is 5.09. The molecule has 0 aliphatic carbocycles. The molecule has 2 heterocycles. The fourth-order valence-corrected chi connectivity index (χ4v) is 3.93. The van der Waals surface area contributed by atoms with Crippen LogP contribution in [0.2, 0.25) is 0 Å². The Morgan fingerprint density at radius 2 is 1.66 bits per heavy atom. The summed E-state index contributed by atoms with van der Waals surface area (Å²) in [4.78, 5) is 42.7. The molecule has 8 heteroatoms. The molecule has 0 unspecified atom stereocenters. The molecule has 0 bridgehead atoms. The molecular formula is C21H18N4O3S. The predicted octanol–water partition coefficient (Wildman–Crippen LogP) is 2.47. The van der Waals surface area contributed by atoms with E-state index in [2.05, 4.69) is 9.36 Å². The summed E-state index contributed by atoms with van der Waals surface area (Å²) in [6, 6.07) is 18.8. The zero-order valence-corrected chi connectivity index (χ0v) is 16.5. The van der Waals surface area contributed by atoms with Crippen molar-refractivity contribution in [2.24, 2.45) is 0 Å². The lowest BCUT2D eigenvalue weighted by Gasteiger charge is -2.16. The van der Waals surface area contributed by atoms with Gasteiger partial charge in [-0.05, 0) is 22.7 Å². The maximum Gasteiger partial charge on any atom is 0.329 e. The molecule has 1 amide bonds. The number of amides is 1. The summed E-state index contributed by atoms with van der Waals surface area (Å²) in [5.41, 5.74) is 1.03. The van der Waals surface area contributed by atoms with E-state index in [0.717, 1.165) is 27.2 Å². The lowest BCUT2D eigenvalue weighted by molar-refractivity contribution is 0.0791.